The Hall–Kier alpha value is -2.35. The van der Waals surface area contributed by atoms with E-state index in [-0.39, 0.29) is 0 Å². The van der Waals surface area contributed by atoms with Crippen molar-refractivity contribution in [3.05, 3.63) is 54.1 Å². The number of hydrogen-bond acceptors (Lipinski definition) is 2. The van der Waals surface area contributed by atoms with Crippen LogP contribution in [-0.4, -0.2) is 6.29 Å². The molecule has 0 aliphatic heterocycles. The maximum Gasteiger partial charge on any atom is 0.150 e. The van der Waals surface area contributed by atoms with E-state index >= 15 is 0 Å². The van der Waals surface area contributed by atoms with Gasteiger partial charge in [0.25, 0.3) is 0 Å². The van der Waals surface area contributed by atoms with Crippen LogP contribution in [0.15, 0.2) is 48.5 Å². The number of carbonyl (C=O) groups excluding carboxylic acids is 1. The molecule has 0 unspecified atom stereocenters. The van der Waals surface area contributed by atoms with Gasteiger partial charge in [-0.2, -0.15) is 0 Å². The standard InChI is InChI=1S/C15H11NO/c16-15-3-1-2-12-7-13-6-10(9-17)4-5-11(13)8-14(12)15/h1-9H,16H2. The minimum Gasteiger partial charge on any atom is -0.398 e. The van der Waals surface area contributed by atoms with Crippen LogP contribution in [0.3, 0.4) is 0 Å². The summed E-state index contributed by atoms with van der Waals surface area (Å²) in [6.07, 6.45) is 0.864. The molecule has 0 saturated heterocycles. The number of nitrogens with two attached hydrogens (primary N) is 1. The highest BCUT2D eigenvalue weighted by atomic mass is 16.1. The first-order valence-electron chi connectivity index (χ1n) is 5.45. The van der Waals surface area contributed by atoms with Crippen molar-refractivity contribution >= 4 is 33.5 Å². The van der Waals surface area contributed by atoms with Crippen molar-refractivity contribution < 1.29 is 4.79 Å². The maximum atomic E-state index is 10.7. The van der Waals surface area contributed by atoms with Crippen molar-refractivity contribution in [3.8, 4) is 0 Å². The third-order valence-electron chi connectivity index (χ3n) is 3.03. The Morgan fingerprint density at radius 1 is 0.882 bits per heavy atom. The van der Waals surface area contributed by atoms with Crippen LogP contribution in [0.4, 0.5) is 5.69 Å². The molecule has 0 saturated carbocycles. The normalized spacial score (nSPS) is 10.8. The van der Waals surface area contributed by atoms with E-state index in [1.807, 2.05) is 36.4 Å². The van der Waals surface area contributed by atoms with E-state index in [4.69, 9.17) is 5.73 Å². The molecule has 0 aromatic heterocycles. The first-order chi connectivity index (χ1) is 8.28. The smallest absolute Gasteiger partial charge is 0.150 e. The molecule has 0 radical (unpaired) electrons. The zero-order chi connectivity index (χ0) is 11.8. The first-order valence-corrected chi connectivity index (χ1v) is 5.45. The summed E-state index contributed by atoms with van der Waals surface area (Å²) >= 11 is 0. The van der Waals surface area contributed by atoms with Crippen LogP contribution in [-0.2, 0) is 0 Å². The average Bonchev–Trinajstić information content (AvgIpc) is 2.36. The van der Waals surface area contributed by atoms with E-state index in [1.54, 1.807) is 0 Å². The van der Waals surface area contributed by atoms with Crippen LogP contribution >= 0.6 is 0 Å². The van der Waals surface area contributed by atoms with Gasteiger partial charge in [0.1, 0.15) is 6.29 Å². The van der Waals surface area contributed by atoms with Crippen molar-refractivity contribution in [2.24, 2.45) is 0 Å². The molecule has 3 rings (SSSR count). The van der Waals surface area contributed by atoms with Gasteiger partial charge in [0.2, 0.25) is 0 Å². The molecule has 0 spiro atoms. The minimum absolute atomic E-state index is 0.695. The van der Waals surface area contributed by atoms with Crippen LogP contribution in [0.2, 0.25) is 0 Å². The summed E-state index contributed by atoms with van der Waals surface area (Å²) in [6.45, 7) is 0. The van der Waals surface area contributed by atoms with Crippen LogP contribution in [0, 0.1) is 0 Å². The van der Waals surface area contributed by atoms with E-state index in [0.717, 1.165) is 33.5 Å². The van der Waals surface area contributed by atoms with Gasteiger partial charge < -0.3 is 5.73 Å². The topological polar surface area (TPSA) is 43.1 Å². The molecule has 3 aromatic carbocycles. The van der Waals surface area contributed by atoms with Gasteiger partial charge >= 0.3 is 0 Å². The molecule has 3 aromatic rings. The predicted octanol–water partition coefficient (Wildman–Crippen LogP) is 3.39. The van der Waals surface area contributed by atoms with Gasteiger partial charge in [0, 0.05) is 16.6 Å². The summed E-state index contributed by atoms with van der Waals surface area (Å²) in [7, 11) is 0. The second-order valence-corrected chi connectivity index (χ2v) is 4.15. The van der Waals surface area contributed by atoms with Gasteiger partial charge in [-0.05, 0) is 40.4 Å². The number of aldehydes is 1. The molecule has 0 aliphatic carbocycles. The Labute approximate surface area is 98.7 Å². The summed E-state index contributed by atoms with van der Waals surface area (Å²) < 4.78 is 0. The van der Waals surface area contributed by atoms with Crippen molar-refractivity contribution in [2.45, 2.75) is 0 Å². The van der Waals surface area contributed by atoms with Crippen LogP contribution < -0.4 is 5.73 Å². The quantitative estimate of drug-likeness (QED) is 0.389. The molecule has 0 heterocycles. The number of nitrogen functional groups attached to an aromatic ring is 1. The molecule has 0 bridgehead atoms. The summed E-state index contributed by atoms with van der Waals surface area (Å²) in [5.74, 6) is 0. The third kappa shape index (κ3) is 1.54. The summed E-state index contributed by atoms with van der Waals surface area (Å²) in [6, 6.07) is 15.7. The molecule has 0 aliphatic rings. The molecule has 2 N–H and O–H groups in total. The number of fused-ring (bicyclic) bond motifs is 2. The van der Waals surface area contributed by atoms with Crippen molar-refractivity contribution in [3.63, 3.8) is 0 Å². The molecule has 0 fully saturated rings. The van der Waals surface area contributed by atoms with Gasteiger partial charge in [0.15, 0.2) is 0 Å². The minimum atomic E-state index is 0.695. The molecule has 0 amide bonds. The Kier molecular flexibility index (Phi) is 2.08. The zero-order valence-corrected chi connectivity index (χ0v) is 9.18. The third-order valence-corrected chi connectivity index (χ3v) is 3.03. The van der Waals surface area contributed by atoms with E-state index in [1.165, 1.54) is 0 Å². The average molecular weight is 221 g/mol. The van der Waals surface area contributed by atoms with E-state index < -0.39 is 0 Å². The molecular formula is C15H11NO. The Morgan fingerprint density at radius 2 is 1.76 bits per heavy atom. The van der Waals surface area contributed by atoms with Gasteiger partial charge in [-0.3, -0.25) is 4.79 Å². The Bertz CT molecular complexity index is 731. The van der Waals surface area contributed by atoms with Crippen LogP contribution in [0.5, 0.6) is 0 Å². The summed E-state index contributed by atoms with van der Waals surface area (Å²) in [5.41, 5.74) is 7.42. The highest BCUT2D eigenvalue weighted by Crippen LogP contribution is 2.27. The number of benzene rings is 3. The molecule has 2 heteroatoms. The second-order valence-electron chi connectivity index (χ2n) is 4.15. The summed E-state index contributed by atoms with van der Waals surface area (Å²) in [5, 5.41) is 4.31. The van der Waals surface area contributed by atoms with E-state index in [0.29, 0.717) is 5.56 Å². The molecular weight excluding hydrogens is 210 g/mol. The van der Waals surface area contributed by atoms with E-state index in [9.17, 15) is 4.79 Å². The Balaban J connectivity index is 2.43. The fourth-order valence-corrected chi connectivity index (χ4v) is 2.14. The monoisotopic (exact) mass is 221 g/mol. The molecule has 17 heavy (non-hydrogen) atoms. The highest BCUT2D eigenvalue weighted by Gasteiger charge is 2.01. The zero-order valence-electron chi connectivity index (χ0n) is 9.18. The van der Waals surface area contributed by atoms with Crippen molar-refractivity contribution in [1.29, 1.82) is 0 Å². The highest BCUT2D eigenvalue weighted by molar-refractivity contribution is 6.04. The predicted molar refractivity (Wildman–Crippen MR) is 71.3 cm³/mol. The lowest BCUT2D eigenvalue weighted by atomic mass is 10.0. The fourth-order valence-electron chi connectivity index (χ4n) is 2.14. The van der Waals surface area contributed by atoms with E-state index in [2.05, 4.69) is 12.1 Å². The SMILES string of the molecule is Nc1cccc2cc3cc(C=O)ccc3cc12. The molecule has 2 nitrogen and oxygen atoms in total. The fraction of sp³-hybridized carbons (Fsp3) is 0. The lowest BCUT2D eigenvalue weighted by molar-refractivity contribution is 0.112. The van der Waals surface area contributed by atoms with Gasteiger partial charge in [-0.25, -0.2) is 0 Å². The molecule has 82 valence electrons. The Morgan fingerprint density at radius 3 is 2.59 bits per heavy atom. The maximum absolute atomic E-state index is 10.7. The first kappa shape index (κ1) is 9.85. The summed E-state index contributed by atoms with van der Waals surface area (Å²) in [4.78, 5) is 10.7. The van der Waals surface area contributed by atoms with Crippen LogP contribution in [0.1, 0.15) is 10.4 Å². The lowest BCUT2D eigenvalue weighted by Crippen LogP contribution is -1.87. The van der Waals surface area contributed by atoms with Gasteiger partial charge in [-0.15, -0.1) is 0 Å². The number of anilines is 1. The number of rotatable bonds is 1. The van der Waals surface area contributed by atoms with Gasteiger partial charge in [0.05, 0.1) is 0 Å². The lowest BCUT2D eigenvalue weighted by Gasteiger charge is -2.05. The second kappa shape index (κ2) is 3.59. The van der Waals surface area contributed by atoms with Crippen LogP contribution in [0.25, 0.3) is 21.5 Å². The largest absolute Gasteiger partial charge is 0.398 e. The molecule has 0 atom stereocenters. The van der Waals surface area contributed by atoms with Gasteiger partial charge in [-0.1, -0.05) is 24.3 Å². The van der Waals surface area contributed by atoms with Crippen molar-refractivity contribution in [2.75, 3.05) is 5.73 Å². The number of hydrogen-bond donors (Lipinski definition) is 1. The van der Waals surface area contributed by atoms with Crippen molar-refractivity contribution in [1.82, 2.24) is 0 Å². The number of carbonyl (C=O) groups is 1.